The first kappa shape index (κ1) is 25.9. The van der Waals surface area contributed by atoms with Crippen molar-refractivity contribution >= 4 is 15.7 Å². The highest BCUT2D eigenvalue weighted by Crippen LogP contribution is 2.32. The molecule has 0 saturated carbocycles. The van der Waals surface area contributed by atoms with Gasteiger partial charge in [-0.25, -0.2) is 13.4 Å². The van der Waals surface area contributed by atoms with Gasteiger partial charge in [0, 0.05) is 57.7 Å². The predicted octanol–water partition coefficient (Wildman–Crippen LogP) is 2.82. The lowest BCUT2D eigenvalue weighted by Gasteiger charge is -2.33. The fourth-order valence-corrected chi connectivity index (χ4v) is 6.99. The molecule has 198 valence electrons. The predicted molar refractivity (Wildman–Crippen MR) is 146 cm³/mol. The third kappa shape index (κ3) is 6.23. The molecule has 0 N–H and O–H groups in total. The molecule has 1 saturated heterocycles. The summed E-state index contributed by atoms with van der Waals surface area (Å²) in [7, 11) is -1.52. The highest BCUT2D eigenvalue weighted by Gasteiger charge is 2.36. The molecule has 3 heterocycles. The van der Waals surface area contributed by atoms with Gasteiger partial charge in [0.15, 0.2) is 0 Å². The lowest BCUT2D eigenvalue weighted by atomic mass is 10.1. The molecule has 5 rings (SSSR count). The summed E-state index contributed by atoms with van der Waals surface area (Å²) >= 11 is 0. The van der Waals surface area contributed by atoms with E-state index in [1.165, 1.54) is 0 Å². The molecule has 0 unspecified atom stereocenters. The van der Waals surface area contributed by atoms with Gasteiger partial charge in [0.05, 0.1) is 37.5 Å². The Kier molecular flexibility index (Phi) is 7.95. The molecule has 0 aliphatic carbocycles. The largest absolute Gasteiger partial charge is 0.379 e. The van der Waals surface area contributed by atoms with Crippen molar-refractivity contribution in [3.05, 3.63) is 83.4 Å². The van der Waals surface area contributed by atoms with Crippen molar-refractivity contribution in [3.8, 4) is 0 Å². The number of sulfonamides is 1. The summed E-state index contributed by atoms with van der Waals surface area (Å²) in [5, 5.41) is 0. The molecule has 37 heavy (non-hydrogen) atoms. The molecule has 3 aromatic rings. The molecule has 1 atom stereocenters. The monoisotopic (exact) mass is 523 g/mol. The second-order valence-electron chi connectivity index (χ2n) is 10.2. The number of hydrogen-bond acceptors (Lipinski definition) is 6. The number of ether oxygens (including phenoxy) is 1. The molecule has 1 aromatic heterocycles. The van der Waals surface area contributed by atoms with E-state index >= 15 is 0 Å². The van der Waals surface area contributed by atoms with Crippen molar-refractivity contribution in [2.24, 2.45) is 7.05 Å². The first-order valence-corrected chi connectivity index (χ1v) is 14.6. The maximum Gasteiger partial charge on any atom is 0.215 e. The molecule has 0 spiro atoms. The van der Waals surface area contributed by atoms with Gasteiger partial charge < -0.3 is 14.2 Å². The molecule has 8 nitrogen and oxygen atoms in total. The third-order valence-electron chi connectivity index (χ3n) is 7.45. The van der Waals surface area contributed by atoms with Crippen molar-refractivity contribution in [2.75, 3.05) is 50.0 Å². The van der Waals surface area contributed by atoms with E-state index in [0.29, 0.717) is 45.8 Å². The lowest BCUT2D eigenvalue weighted by Crippen LogP contribution is -2.48. The summed E-state index contributed by atoms with van der Waals surface area (Å²) in [4.78, 5) is 8.83. The Hall–Kier alpha value is -2.72. The quantitative estimate of drug-likeness (QED) is 0.452. The number of nitrogens with zero attached hydrogens (tertiary/aromatic N) is 5. The van der Waals surface area contributed by atoms with Crippen LogP contribution in [0, 0.1) is 6.92 Å². The Balaban J connectivity index is 1.49. The van der Waals surface area contributed by atoms with Crippen LogP contribution in [-0.2, 0) is 41.3 Å². The number of rotatable bonds is 8. The van der Waals surface area contributed by atoms with Crippen LogP contribution in [-0.4, -0.2) is 78.4 Å². The Morgan fingerprint density at radius 3 is 2.59 bits per heavy atom. The van der Waals surface area contributed by atoms with Crippen molar-refractivity contribution in [1.82, 2.24) is 18.8 Å². The van der Waals surface area contributed by atoms with Crippen LogP contribution in [0.1, 0.15) is 22.4 Å². The van der Waals surface area contributed by atoms with E-state index in [2.05, 4.69) is 52.0 Å². The standard InChI is InChI=1S/C28H37N5O3S/c1-23-8-9-28-25(16-23)19-33(37(34,35)15-12-31-10-13-36-14-11-31)26(17-24-6-4-3-5-7-24)20-32(28)21-27-18-29-22-30(27)2/h3-9,16,18,22,26H,10-15,17,19-21H2,1-2H3/t26-/m1/s1. The van der Waals surface area contributed by atoms with E-state index in [1.54, 1.807) is 4.31 Å². The number of imidazole rings is 1. The van der Waals surface area contributed by atoms with Crippen LogP contribution in [0.3, 0.4) is 0 Å². The normalized spacial score (nSPS) is 19.5. The van der Waals surface area contributed by atoms with Gasteiger partial charge in [-0.1, -0.05) is 48.0 Å². The number of fused-ring (bicyclic) bond motifs is 1. The Labute approximate surface area is 220 Å². The van der Waals surface area contributed by atoms with Gasteiger partial charge in [-0.05, 0) is 30.5 Å². The minimum absolute atomic E-state index is 0.112. The first-order valence-electron chi connectivity index (χ1n) is 13.0. The molecule has 0 radical (unpaired) electrons. The highest BCUT2D eigenvalue weighted by molar-refractivity contribution is 7.89. The van der Waals surface area contributed by atoms with Crippen LogP contribution in [0.5, 0.6) is 0 Å². The van der Waals surface area contributed by atoms with Crippen LogP contribution < -0.4 is 4.90 Å². The summed E-state index contributed by atoms with van der Waals surface area (Å²) in [5.41, 5.74) is 5.51. The maximum atomic E-state index is 14.0. The van der Waals surface area contributed by atoms with E-state index in [0.717, 1.165) is 41.2 Å². The molecule has 9 heteroatoms. The molecule has 2 aliphatic rings. The van der Waals surface area contributed by atoms with Crippen LogP contribution in [0.25, 0.3) is 0 Å². The summed E-state index contributed by atoms with van der Waals surface area (Å²) in [6.07, 6.45) is 4.36. The van der Waals surface area contributed by atoms with Crippen LogP contribution in [0.4, 0.5) is 5.69 Å². The zero-order valence-electron chi connectivity index (χ0n) is 21.8. The Morgan fingerprint density at radius 1 is 1.08 bits per heavy atom. The van der Waals surface area contributed by atoms with Crippen molar-refractivity contribution < 1.29 is 13.2 Å². The third-order valence-corrected chi connectivity index (χ3v) is 9.29. The number of aromatic nitrogens is 2. The van der Waals surface area contributed by atoms with E-state index in [1.807, 2.05) is 42.3 Å². The summed E-state index contributed by atoms with van der Waals surface area (Å²) in [6, 6.07) is 16.4. The molecular weight excluding hydrogens is 486 g/mol. The number of anilines is 1. The van der Waals surface area contributed by atoms with E-state index in [9.17, 15) is 8.42 Å². The molecule has 2 aromatic carbocycles. The van der Waals surface area contributed by atoms with Gasteiger partial charge in [-0.2, -0.15) is 4.31 Å². The maximum absolute atomic E-state index is 14.0. The van der Waals surface area contributed by atoms with Gasteiger partial charge in [-0.15, -0.1) is 0 Å². The molecule has 0 amide bonds. The fourth-order valence-electron chi connectivity index (χ4n) is 5.34. The first-order chi connectivity index (χ1) is 17.9. The second-order valence-corrected chi connectivity index (χ2v) is 12.2. The average molecular weight is 524 g/mol. The van der Waals surface area contributed by atoms with Crippen LogP contribution in [0.2, 0.25) is 0 Å². The summed E-state index contributed by atoms with van der Waals surface area (Å²) in [5.74, 6) is 0.112. The Morgan fingerprint density at radius 2 is 1.86 bits per heavy atom. The van der Waals surface area contributed by atoms with Gasteiger partial charge >= 0.3 is 0 Å². The fraction of sp³-hybridized carbons (Fsp3) is 0.464. The SMILES string of the molecule is Cc1ccc2c(c1)CN(S(=O)(=O)CCN1CCOCC1)[C@H](Cc1ccccc1)CN2Cc1cncn1C. The summed E-state index contributed by atoms with van der Waals surface area (Å²) in [6.45, 7) is 7.13. The highest BCUT2D eigenvalue weighted by atomic mass is 32.2. The van der Waals surface area contributed by atoms with Crippen molar-refractivity contribution in [2.45, 2.75) is 32.5 Å². The van der Waals surface area contributed by atoms with Gasteiger partial charge in [0.1, 0.15) is 0 Å². The smallest absolute Gasteiger partial charge is 0.215 e. The lowest BCUT2D eigenvalue weighted by molar-refractivity contribution is 0.0406. The minimum atomic E-state index is -3.52. The van der Waals surface area contributed by atoms with E-state index in [4.69, 9.17) is 4.74 Å². The summed E-state index contributed by atoms with van der Waals surface area (Å²) < 4.78 is 37.2. The number of hydrogen-bond donors (Lipinski definition) is 0. The van der Waals surface area contributed by atoms with Crippen LogP contribution >= 0.6 is 0 Å². The van der Waals surface area contributed by atoms with Crippen molar-refractivity contribution in [3.63, 3.8) is 0 Å². The molecule has 1 fully saturated rings. The minimum Gasteiger partial charge on any atom is -0.379 e. The van der Waals surface area contributed by atoms with Gasteiger partial charge in [0.2, 0.25) is 10.0 Å². The van der Waals surface area contributed by atoms with Crippen molar-refractivity contribution in [1.29, 1.82) is 0 Å². The van der Waals surface area contributed by atoms with E-state index in [-0.39, 0.29) is 11.8 Å². The number of benzene rings is 2. The van der Waals surface area contributed by atoms with Gasteiger partial charge in [-0.3, -0.25) is 4.90 Å². The second kappa shape index (κ2) is 11.3. The molecule has 2 aliphatic heterocycles. The van der Waals surface area contributed by atoms with Crippen LogP contribution in [0.15, 0.2) is 61.1 Å². The van der Waals surface area contributed by atoms with E-state index < -0.39 is 10.0 Å². The molecular formula is C28H37N5O3S. The number of aryl methyl sites for hydroxylation is 2. The molecule has 0 bridgehead atoms. The van der Waals surface area contributed by atoms with Gasteiger partial charge in [0.25, 0.3) is 0 Å². The zero-order valence-corrected chi connectivity index (χ0v) is 22.6. The zero-order chi connectivity index (χ0) is 25.8. The number of morpholine rings is 1. The topological polar surface area (TPSA) is 70.9 Å². The Bertz CT molecular complexity index is 1290. The average Bonchev–Trinajstić information content (AvgIpc) is 3.23.